The zero-order valence-corrected chi connectivity index (χ0v) is 15.0. The number of hydrogen-bond acceptors (Lipinski definition) is 2. The summed E-state index contributed by atoms with van der Waals surface area (Å²) in [6.45, 7) is 8.16. The smallest absolute Gasteiger partial charge is 0.123 e. The summed E-state index contributed by atoms with van der Waals surface area (Å²) >= 11 is 0. The SMILES string of the molecule is CC1CCCN1CCN1CCc2ccc(-c3ccc(F)cc3)cc2C1. The number of benzene rings is 2. The molecule has 0 aliphatic carbocycles. The standard InChI is InChI=1S/C22H27FN2/c1-17-3-2-11-25(17)14-13-24-12-10-19-4-5-20(15-21(19)16-24)18-6-8-22(23)9-7-18/h4-9,15,17H,2-3,10-14,16H2,1H3. The van der Waals surface area contributed by atoms with E-state index in [9.17, 15) is 4.39 Å². The zero-order chi connectivity index (χ0) is 17.2. The Bertz CT molecular complexity index is 725. The average molecular weight is 338 g/mol. The van der Waals surface area contributed by atoms with Crippen LogP contribution in [0.3, 0.4) is 0 Å². The van der Waals surface area contributed by atoms with Crippen molar-refractivity contribution in [2.24, 2.45) is 0 Å². The van der Waals surface area contributed by atoms with E-state index < -0.39 is 0 Å². The van der Waals surface area contributed by atoms with Gasteiger partial charge in [0, 0.05) is 32.2 Å². The fourth-order valence-corrected chi connectivity index (χ4v) is 4.22. The molecule has 2 aliphatic heterocycles. The van der Waals surface area contributed by atoms with Gasteiger partial charge in [0.2, 0.25) is 0 Å². The second kappa shape index (κ2) is 7.27. The third-order valence-electron chi connectivity index (χ3n) is 5.87. The molecule has 2 nitrogen and oxygen atoms in total. The van der Waals surface area contributed by atoms with Crippen LogP contribution in [0.2, 0.25) is 0 Å². The van der Waals surface area contributed by atoms with Gasteiger partial charge in [-0.15, -0.1) is 0 Å². The molecule has 0 radical (unpaired) electrons. The van der Waals surface area contributed by atoms with Gasteiger partial charge in [0.25, 0.3) is 0 Å². The van der Waals surface area contributed by atoms with Crippen molar-refractivity contribution in [1.29, 1.82) is 0 Å². The summed E-state index contributed by atoms with van der Waals surface area (Å²) in [5, 5.41) is 0. The highest BCUT2D eigenvalue weighted by Crippen LogP contribution is 2.27. The van der Waals surface area contributed by atoms with Crippen molar-refractivity contribution in [3.05, 3.63) is 59.4 Å². The van der Waals surface area contributed by atoms with Gasteiger partial charge in [-0.2, -0.15) is 0 Å². The van der Waals surface area contributed by atoms with Crippen molar-refractivity contribution < 1.29 is 4.39 Å². The normalized spacial score (nSPS) is 21.4. The van der Waals surface area contributed by atoms with E-state index in [2.05, 4.69) is 34.9 Å². The molecule has 0 amide bonds. The van der Waals surface area contributed by atoms with Crippen molar-refractivity contribution in [2.45, 2.75) is 38.8 Å². The maximum absolute atomic E-state index is 13.2. The van der Waals surface area contributed by atoms with Crippen LogP contribution in [0.15, 0.2) is 42.5 Å². The summed E-state index contributed by atoms with van der Waals surface area (Å²) in [7, 11) is 0. The van der Waals surface area contributed by atoms with Crippen LogP contribution in [0.4, 0.5) is 4.39 Å². The Morgan fingerprint density at radius 1 is 0.960 bits per heavy atom. The molecule has 1 atom stereocenters. The zero-order valence-electron chi connectivity index (χ0n) is 15.0. The van der Waals surface area contributed by atoms with Gasteiger partial charge in [-0.3, -0.25) is 9.80 Å². The highest BCUT2D eigenvalue weighted by atomic mass is 19.1. The largest absolute Gasteiger partial charge is 0.299 e. The summed E-state index contributed by atoms with van der Waals surface area (Å²) < 4.78 is 13.2. The van der Waals surface area contributed by atoms with Gasteiger partial charge >= 0.3 is 0 Å². The minimum Gasteiger partial charge on any atom is -0.299 e. The Morgan fingerprint density at radius 2 is 1.76 bits per heavy atom. The first-order valence-electron chi connectivity index (χ1n) is 9.53. The van der Waals surface area contributed by atoms with E-state index in [4.69, 9.17) is 0 Å². The lowest BCUT2D eigenvalue weighted by Crippen LogP contribution is -2.39. The van der Waals surface area contributed by atoms with E-state index in [1.807, 2.05) is 12.1 Å². The number of likely N-dealkylation sites (tertiary alicyclic amines) is 1. The van der Waals surface area contributed by atoms with E-state index in [-0.39, 0.29) is 5.82 Å². The minimum atomic E-state index is -0.177. The topological polar surface area (TPSA) is 6.48 Å². The number of rotatable bonds is 4. The van der Waals surface area contributed by atoms with Gasteiger partial charge in [0.05, 0.1) is 0 Å². The van der Waals surface area contributed by atoms with Crippen LogP contribution < -0.4 is 0 Å². The van der Waals surface area contributed by atoms with Gasteiger partial charge in [0.1, 0.15) is 5.82 Å². The van der Waals surface area contributed by atoms with Crippen molar-refractivity contribution in [3.63, 3.8) is 0 Å². The number of fused-ring (bicyclic) bond motifs is 1. The highest BCUT2D eigenvalue weighted by molar-refractivity contribution is 5.65. The average Bonchev–Trinajstić information content (AvgIpc) is 3.05. The predicted molar refractivity (Wildman–Crippen MR) is 101 cm³/mol. The lowest BCUT2D eigenvalue weighted by molar-refractivity contribution is 0.189. The first kappa shape index (κ1) is 16.7. The molecule has 132 valence electrons. The molecule has 0 bridgehead atoms. The maximum Gasteiger partial charge on any atom is 0.123 e. The van der Waals surface area contributed by atoms with Crippen LogP contribution in [0, 0.1) is 5.82 Å². The van der Waals surface area contributed by atoms with Crippen molar-refractivity contribution in [2.75, 3.05) is 26.2 Å². The minimum absolute atomic E-state index is 0.177. The van der Waals surface area contributed by atoms with E-state index >= 15 is 0 Å². The van der Waals surface area contributed by atoms with Crippen molar-refractivity contribution in [1.82, 2.24) is 9.80 Å². The Hall–Kier alpha value is -1.71. The molecule has 0 spiro atoms. The molecule has 25 heavy (non-hydrogen) atoms. The first-order valence-corrected chi connectivity index (χ1v) is 9.53. The number of nitrogens with zero attached hydrogens (tertiary/aromatic N) is 2. The monoisotopic (exact) mass is 338 g/mol. The van der Waals surface area contributed by atoms with Gasteiger partial charge < -0.3 is 0 Å². The number of halogens is 1. The molecule has 4 rings (SSSR count). The molecule has 2 aliphatic rings. The Balaban J connectivity index is 1.44. The number of hydrogen-bond donors (Lipinski definition) is 0. The summed E-state index contributed by atoms with van der Waals surface area (Å²) in [6, 6.07) is 14.3. The molecule has 1 saturated heterocycles. The van der Waals surface area contributed by atoms with E-state index in [1.165, 1.54) is 54.8 Å². The molecule has 2 aromatic rings. The predicted octanol–water partition coefficient (Wildman–Crippen LogP) is 4.34. The van der Waals surface area contributed by atoms with E-state index in [0.29, 0.717) is 0 Å². The quantitative estimate of drug-likeness (QED) is 0.818. The lowest BCUT2D eigenvalue weighted by Gasteiger charge is -2.31. The fourth-order valence-electron chi connectivity index (χ4n) is 4.22. The van der Waals surface area contributed by atoms with E-state index in [0.717, 1.165) is 37.7 Å². The van der Waals surface area contributed by atoms with Crippen molar-refractivity contribution in [3.8, 4) is 11.1 Å². The van der Waals surface area contributed by atoms with Gasteiger partial charge in [0.15, 0.2) is 0 Å². The third-order valence-corrected chi connectivity index (χ3v) is 5.87. The second-order valence-corrected chi connectivity index (χ2v) is 7.54. The van der Waals surface area contributed by atoms with Gasteiger partial charge in [-0.25, -0.2) is 4.39 Å². The molecule has 0 aromatic heterocycles. The maximum atomic E-state index is 13.2. The molecule has 0 N–H and O–H groups in total. The second-order valence-electron chi connectivity index (χ2n) is 7.54. The Labute approximate surface area is 150 Å². The molecular weight excluding hydrogens is 311 g/mol. The van der Waals surface area contributed by atoms with Crippen LogP contribution in [-0.2, 0) is 13.0 Å². The van der Waals surface area contributed by atoms with Crippen LogP contribution >= 0.6 is 0 Å². The molecule has 0 saturated carbocycles. The molecule has 1 fully saturated rings. The molecule has 2 aromatic carbocycles. The van der Waals surface area contributed by atoms with Crippen LogP contribution in [0.5, 0.6) is 0 Å². The summed E-state index contributed by atoms with van der Waals surface area (Å²) in [6.07, 6.45) is 3.84. The molecule has 2 heterocycles. The summed E-state index contributed by atoms with van der Waals surface area (Å²) in [5.41, 5.74) is 5.18. The van der Waals surface area contributed by atoms with Crippen LogP contribution in [-0.4, -0.2) is 42.0 Å². The van der Waals surface area contributed by atoms with E-state index in [1.54, 1.807) is 0 Å². The Morgan fingerprint density at radius 3 is 2.52 bits per heavy atom. The third kappa shape index (κ3) is 3.78. The highest BCUT2D eigenvalue weighted by Gasteiger charge is 2.22. The summed E-state index contributed by atoms with van der Waals surface area (Å²) in [5.74, 6) is -0.177. The molecule has 3 heteroatoms. The van der Waals surface area contributed by atoms with Gasteiger partial charge in [-0.1, -0.05) is 24.3 Å². The Kier molecular flexibility index (Phi) is 4.87. The molecular formula is C22H27FN2. The van der Waals surface area contributed by atoms with Crippen LogP contribution in [0.25, 0.3) is 11.1 Å². The summed E-state index contributed by atoms with van der Waals surface area (Å²) in [4.78, 5) is 5.21. The van der Waals surface area contributed by atoms with Crippen LogP contribution in [0.1, 0.15) is 30.9 Å². The van der Waals surface area contributed by atoms with Gasteiger partial charge in [-0.05, 0) is 73.2 Å². The fraction of sp³-hybridized carbons (Fsp3) is 0.455. The lowest BCUT2D eigenvalue weighted by atomic mass is 9.94. The molecule has 1 unspecified atom stereocenters. The first-order chi connectivity index (χ1) is 12.2. The van der Waals surface area contributed by atoms with Crippen molar-refractivity contribution >= 4 is 0 Å².